The lowest BCUT2D eigenvalue weighted by Crippen LogP contribution is -2.36. The van der Waals surface area contributed by atoms with Gasteiger partial charge in [-0.2, -0.15) is 5.10 Å². The van der Waals surface area contributed by atoms with Crippen molar-refractivity contribution in [2.75, 3.05) is 13.1 Å². The van der Waals surface area contributed by atoms with Gasteiger partial charge in [-0.3, -0.25) is 9.89 Å². The minimum absolute atomic E-state index is 0.420. The maximum absolute atomic E-state index is 11.3. The summed E-state index contributed by atoms with van der Waals surface area (Å²) in [5.74, 6) is -0.420. The van der Waals surface area contributed by atoms with Crippen molar-refractivity contribution < 1.29 is 4.79 Å². The number of nitrogens with two attached hydrogens (primary N) is 2. The van der Waals surface area contributed by atoms with Gasteiger partial charge in [0.05, 0.1) is 5.69 Å². The van der Waals surface area contributed by atoms with E-state index in [-0.39, 0.29) is 0 Å². The van der Waals surface area contributed by atoms with Crippen LogP contribution in [0.2, 0.25) is 0 Å². The minimum atomic E-state index is -0.521. The Hall–Kier alpha value is -1.40. The van der Waals surface area contributed by atoms with Gasteiger partial charge in [-0.1, -0.05) is 0 Å². The number of amides is 1. The van der Waals surface area contributed by atoms with Crippen LogP contribution < -0.4 is 16.8 Å². The summed E-state index contributed by atoms with van der Waals surface area (Å²) in [4.78, 5) is 11.3. The summed E-state index contributed by atoms with van der Waals surface area (Å²) in [5.41, 5.74) is 13.1. The average Bonchev–Trinajstić information content (AvgIpc) is 2.49. The van der Waals surface area contributed by atoms with Gasteiger partial charge in [0.25, 0.3) is 0 Å². The maximum Gasteiger partial charge on any atom is 0.239 e. The second-order valence-corrected chi connectivity index (χ2v) is 3.43. The van der Waals surface area contributed by atoms with Gasteiger partial charge in [0, 0.05) is 24.3 Å². The molecule has 0 saturated heterocycles. The third-order valence-electron chi connectivity index (χ3n) is 2.25. The molecule has 0 aliphatic heterocycles. The molecule has 0 aliphatic carbocycles. The lowest BCUT2D eigenvalue weighted by atomic mass is 10.0. The zero-order valence-corrected chi connectivity index (χ0v) is 9.00. The van der Waals surface area contributed by atoms with E-state index in [1.807, 2.05) is 13.8 Å². The Morgan fingerprint density at radius 3 is 2.67 bits per heavy atom. The third kappa shape index (κ3) is 2.54. The molecular weight excluding hydrogens is 194 g/mol. The summed E-state index contributed by atoms with van der Waals surface area (Å²) in [7, 11) is 0. The van der Waals surface area contributed by atoms with Gasteiger partial charge in [-0.05, 0) is 13.8 Å². The predicted molar refractivity (Wildman–Crippen MR) is 57.1 cm³/mol. The number of primary amides is 1. The molecule has 1 rings (SSSR count). The molecule has 15 heavy (non-hydrogen) atoms. The standard InChI is InChI=1S/C9H17N5O/c1-5-7(6(2)14-13-5)8(9(11)15)12-4-3-10/h8,12H,3-4,10H2,1-2H3,(H2,11,15)(H,13,14). The molecule has 0 aromatic carbocycles. The van der Waals surface area contributed by atoms with Crippen molar-refractivity contribution in [3.63, 3.8) is 0 Å². The largest absolute Gasteiger partial charge is 0.368 e. The molecule has 0 aliphatic rings. The molecule has 0 bridgehead atoms. The molecule has 1 unspecified atom stereocenters. The average molecular weight is 211 g/mol. The summed E-state index contributed by atoms with van der Waals surface area (Å²) in [6, 6.07) is -0.521. The van der Waals surface area contributed by atoms with Gasteiger partial charge in [-0.15, -0.1) is 0 Å². The summed E-state index contributed by atoms with van der Waals surface area (Å²) in [6.07, 6.45) is 0. The van der Waals surface area contributed by atoms with E-state index in [0.29, 0.717) is 13.1 Å². The first-order chi connectivity index (χ1) is 7.07. The van der Waals surface area contributed by atoms with E-state index in [1.165, 1.54) is 0 Å². The SMILES string of the molecule is Cc1n[nH]c(C)c1C(NCCN)C(N)=O. The number of aromatic nitrogens is 2. The number of nitrogens with one attached hydrogen (secondary N) is 2. The van der Waals surface area contributed by atoms with Gasteiger partial charge in [0.2, 0.25) is 5.91 Å². The Morgan fingerprint density at radius 1 is 1.60 bits per heavy atom. The Morgan fingerprint density at radius 2 is 2.27 bits per heavy atom. The van der Waals surface area contributed by atoms with Crippen LogP contribution in [0.1, 0.15) is 23.0 Å². The molecular formula is C9H17N5O. The molecule has 6 nitrogen and oxygen atoms in total. The highest BCUT2D eigenvalue weighted by molar-refractivity contribution is 5.82. The molecule has 1 amide bonds. The zero-order chi connectivity index (χ0) is 11.4. The molecule has 84 valence electrons. The van der Waals surface area contributed by atoms with Crippen LogP contribution in [0.15, 0.2) is 0 Å². The molecule has 1 atom stereocenters. The lowest BCUT2D eigenvalue weighted by molar-refractivity contribution is -0.120. The van der Waals surface area contributed by atoms with Crippen LogP contribution in [0.3, 0.4) is 0 Å². The number of hydrogen-bond acceptors (Lipinski definition) is 4. The Balaban J connectivity index is 2.93. The molecule has 0 fully saturated rings. The highest BCUT2D eigenvalue weighted by atomic mass is 16.1. The molecule has 0 saturated carbocycles. The monoisotopic (exact) mass is 211 g/mol. The van der Waals surface area contributed by atoms with Crippen molar-refractivity contribution in [1.82, 2.24) is 15.5 Å². The van der Waals surface area contributed by atoms with Crippen molar-refractivity contribution in [3.8, 4) is 0 Å². The van der Waals surface area contributed by atoms with Gasteiger partial charge < -0.3 is 16.8 Å². The summed E-state index contributed by atoms with van der Waals surface area (Å²) in [5, 5.41) is 9.84. The summed E-state index contributed by atoms with van der Waals surface area (Å²) < 4.78 is 0. The Labute approximate surface area is 88.4 Å². The second-order valence-electron chi connectivity index (χ2n) is 3.43. The van der Waals surface area contributed by atoms with Crippen LogP contribution >= 0.6 is 0 Å². The van der Waals surface area contributed by atoms with Gasteiger partial charge >= 0.3 is 0 Å². The normalized spacial score (nSPS) is 12.7. The minimum Gasteiger partial charge on any atom is -0.368 e. The van der Waals surface area contributed by atoms with Crippen molar-refractivity contribution in [1.29, 1.82) is 0 Å². The quantitative estimate of drug-likeness (QED) is 0.506. The van der Waals surface area contributed by atoms with E-state index < -0.39 is 11.9 Å². The molecule has 0 radical (unpaired) electrons. The molecule has 0 spiro atoms. The van der Waals surface area contributed by atoms with Crippen LogP contribution in [0.25, 0.3) is 0 Å². The van der Waals surface area contributed by atoms with Crippen molar-refractivity contribution in [3.05, 3.63) is 17.0 Å². The zero-order valence-electron chi connectivity index (χ0n) is 9.00. The third-order valence-corrected chi connectivity index (χ3v) is 2.25. The van der Waals surface area contributed by atoms with E-state index >= 15 is 0 Å². The predicted octanol–water partition coefficient (Wildman–Crippen LogP) is -0.899. The van der Waals surface area contributed by atoms with Crippen molar-refractivity contribution in [2.45, 2.75) is 19.9 Å². The Bertz CT molecular complexity index is 327. The number of carbonyl (C=O) groups excluding carboxylic acids is 1. The van der Waals surface area contributed by atoms with E-state index in [0.717, 1.165) is 17.0 Å². The Kier molecular flexibility index (Phi) is 3.81. The fraction of sp³-hybridized carbons (Fsp3) is 0.556. The topological polar surface area (TPSA) is 110 Å². The highest BCUT2D eigenvalue weighted by Crippen LogP contribution is 2.18. The fourth-order valence-corrected chi connectivity index (χ4v) is 1.56. The number of aryl methyl sites for hydroxylation is 2. The first-order valence-corrected chi connectivity index (χ1v) is 4.82. The van der Waals surface area contributed by atoms with Gasteiger partial charge in [0.1, 0.15) is 6.04 Å². The van der Waals surface area contributed by atoms with E-state index in [1.54, 1.807) is 0 Å². The van der Waals surface area contributed by atoms with Crippen LogP contribution in [-0.4, -0.2) is 29.2 Å². The second kappa shape index (κ2) is 4.90. The number of rotatable bonds is 5. The number of nitrogens with zero attached hydrogens (tertiary/aromatic N) is 1. The molecule has 1 aromatic rings. The molecule has 1 aromatic heterocycles. The summed E-state index contributed by atoms with van der Waals surface area (Å²) >= 11 is 0. The van der Waals surface area contributed by atoms with Crippen molar-refractivity contribution >= 4 is 5.91 Å². The first kappa shape index (κ1) is 11.7. The van der Waals surface area contributed by atoms with Crippen molar-refractivity contribution in [2.24, 2.45) is 11.5 Å². The van der Waals surface area contributed by atoms with E-state index in [9.17, 15) is 4.79 Å². The van der Waals surface area contributed by atoms with Crippen LogP contribution in [0.4, 0.5) is 0 Å². The maximum atomic E-state index is 11.3. The fourth-order valence-electron chi connectivity index (χ4n) is 1.56. The first-order valence-electron chi connectivity index (χ1n) is 4.82. The highest BCUT2D eigenvalue weighted by Gasteiger charge is 2.22. The van der Waals surface area contributed by atoms with E-state index in [2.05, 4.69) is 15.5 Å². The molecule has 6 N–H and O–H groups in total. The van der Waals surface area contributed by atoms with E-state index in [4.69, 9.17) is 11.5 Å². The molecule has 1 heterocycles. The summed E-state index contributed by atoms with van der Waals surface area (Å²) in [6.45, 7) is 4.69. The van der Waals surface area contributed by atoms with Crippen LogP contribution in [0.5, 0.6) is 0 Å². The van der Waals surface area contributed by atoms with Crippen LogP contribution in [-0.2, 0) is 4.79 Å². The lowest BCUT2D eigenvalue weighted by Gasteiger charge is -2.15. The number of aromatic amines is 1. The molecule has 6 heteroatoms. The van der Waals surface area contributed by atoms with Gasteiger partial charge in [0.15, 0.2) is 0 Å². The van der Waals surface area contributed by atoms with Crippen LogP contribution in [0, 0.1) is 13.8 Å². The number of carbonyl (C=O) groups is 1. The van der Waals surface area contributed by atoms with Gasteiger partial charge in [-0.25, -0.2) is 0 Å². The number of H-pyrrole nitrogens is 1. The smallest absolute Gasteiger partial charge is 0.239 e. The number of hydrogen-bond donors (Lipinski definition) is 4.